The summed E-state index contributed by atoms with van der Waals surface area (Å²) in [6, 6.07) is 8.80. The lowest BCUT2D eigenvalue weighted by molar-refractivity contribution is -0.122. The fourth-order valence-corrected chi connectivity index (χ4v) is 2.94. The maximum Gasteiger partial charge on any atom is 0.251 e. The Hall–Kier alpha value is -2.81. The number of nitrogens with one attached hydrogen (secondary N) is 2. The van der Waals surface area contributed by atoms with Gasteiger partial charge in [-0.05, 0) is 36.6 Å². The Bertz CT molecular complexity index is 817. The molecule has 26 heavy (non-hydrogen) atoms. The van der Waals surface area contributed by atoms with Gasteiger partial charge in [0, 0.05) is 29.2 Å². The van der Waals surface area contributed by atoms with Gasteiger partial charge in [0.1, 0.15) is 12.6 Å². The van der Waals surface area contributed by atoms with Gasteiger partial charge in [-0.3, -0.25) is 9.59 Å². The normalized spacial score (nSPS) is 12.0. The van der Waals surface area contributed by atoms with E-state index in [-0.39, 0.29) is 18.4 Å². The molecule has 1 unspecified atom stereocenters. The van der Waals surface area contributed by atoms with Crippen LogP contribution < -0.4 is 10.6 Å². The molecule has 0 saturated carbocycles. The Morgan fingerprint density at radius 2 is 2.04 bits per heavy atom. The molecule has 0 aliphatic carbocycles. The van der Waals surface area contributed by atoms with E-state index < -0.39 is 6.04 Å². The van der Waals surface area contributed by atoms with Crippen molar-refractivity contribution in [3.63, 3.8) is 0 Å². The number of fused-ring (bicyclic) bond motifs is 1. The molecule has 0 aliphatic heterocycles. The van der Waals surface area contributed by atoms with E-state index >= 15 is 0 Å². The van der Waals surface area contributed by atoms with Crippen molar-refractivity contribution in [1.29, 1.82) is 5.26 Å². The van der Waals surface area contributed by atoms with Crippen LogP contribution in [0.3, 0.4) is 0 Å². The van der Waals surface area contributed by atoms with Crippen molar-refractivity contribution in [2.24, 2.45) is 5.92 Å². The second-order valence-electron chi connectivity index (χ2n) is 6.83. The first-order chi connectivity index (χ1) is 12.5. The lowest BCUT2D eigenvalue weighted by Crippen LogP contribution is -2.46. The highest BCUT2D eigenvalue weighted by molar-refractivity contribution is 6.00. The third-order valence-electron chi connectivity index (χ3n) is 4.14. The summed E-state index contributed by atoms with van der Waals surface area (Å²) >= 11 is 0. The average Bonchev–Trinajstić information content (AvgIpc) is 3.00. The fraction of sp³-hybridized carbons (Fsp3) is 0.450. The molecule has 1 aromatic heterocycles. The van der Waals surface area contributed by atoms with E-state index in [4.69, 9.17) is 5.26 Å². The molecular formula is C20H26N4O2. The monoisotopic (exact) mass is 354 g/mol. The van der Waals surface area contributed by atoms with Crippen molar-refractivity contribution in [2.45, 2.75) is 46.2 Å². The highest BCUT2D eigenvalue weighted by Gasteiger charge is 2.20. The van der Waals surface area contributed by atoms with Crippen molar-refractivity contribution in [3.8, 4) is 6.07 Å². The summed E-state index contributed by atoms with van der Waals surface area (Å²) in [4.78, 5) is 24.7. The Morgan fingerprint density at radius 1 is 1.27 bits per heavy atom. The number of hydrogen-bond acceptors (Lipinski definition) is 3. The van der Waals surface area contributed by atoms with Crippen LogP contribution in [-0.2, 0) is 11.3 Å². The number of rotatable bonds is 8. The molecule has 6 heteroatoms. The molecule has 0 fully saturated rings. The van der Waals surface area contributed by atoms with Crippen LogP contribution in [0.5, 0.6) is 0 Å². The van der Waals surface area contributed by atoms with Crippen molar-refractivity contribution in [3.05, 3.63) is 36.0 Å². The second kappa shape index (κ2) is 9.04. The smallest absolute Gasteiger partial charge is 0.251 e. The molecule has 1 atom stereocenters. The first-order valence-corrected chi connectivity index (χ1v) is 9.00. The molecule has 138 valence electrons. The van der Waals surface area contributed by atoms with Gasteiger partial charge in [0.25, 0.3) is 5.91 Å². The summed E-state index contributed by atoms with van der Waals surface area (Å²) in [5, 5.41) is 14.9. The van der Waals surface area contributed by atoms with E-state index in [1.165, 1.54) is 0 Å². The molecule has 2 rings (SSSR count). The number of nitrogens with zero attached hydrogens (tertiary/aromatic N) is 2. The molecule has 1 aromatic carbocycles. The molecule has 0 bridgehead atoms. The van der Waals surface area contributed by atoms with E-state index in [2.05, 4.69) is 29.0 Å². The molecule has 0 spiro atoms. The molecule has 2 aromatic rings. The zero-order valence-electron chi connectivity index (χ0n) is 15.6. The SMILES string of the molecule is CCCC(NC(=O)c1ccc2c(ccn2CC(C)C)c1)C(=O)NCC#N. The zero-order chi connectivity index (χ0) is 19.1. The van der Waals surface area contributed by atoms with E-state index in [0.29, 0.717) is 17.9 Å². The van der Waals surface area contributed by atoms with Crippen LogP contribution in [0.4, 0.5) is 0 Å². The average molecular weight is 354 g/mol. The molecule has 1 heterocycles. The van der Waals surface area contributed by atoms with E-state index in [1.807, 2.05) is 37.4 Å². The minimum Gasteiger partial charge on any atom is -0.347 e. The summed E-state index contributed by atoms with van der Waals surface area (Å²) in [7, 11) is 0. The van der Waals surface area contributed by atoms with Crippen LogP contribution in [0.2, 0.25) is 0 Å². The van der Waals surface area contributed by atoms with Crippen LogP contribution in [0.1, 0.15) is 44.0 Å². The molecule has 2 amide bonds. The molecule has 0 saturated heterocycles. The van der Waals surface area contributed by atoms with E-state index in [0.717, 1.165) is 23.9 Å². The van der Waals surface area contributed by atoms with Gasteiger partial charge >= 0.3 is 0 Å². The van der Waals surface area contributed by atoms with Gasteiger partial charge in [-0.15, -0.1) is 0 Å². The Kier molecular flexibility index (Phi) is 6.79. The van der Waals surface area contributed by atoms with Gasteiger partial charge in [0.2, 0.25) is 5.91 Å². The lowest BCUT2D eigenvalue weighted by atomic mass is 10.1. The molecule has 2 N–H and O–H groups in total. The summed E-state index contributed by atoms with van der Waals surface area (Å²) in [5.74, 6) is -0.0738. The van der Waals surface area contributed by atoms with Crippen LogP contribution in [0.25, 0.3) is 10.9 Å². The quantitative estimate of drug-likeness (QED) is 0.715. The zero-order valence-corrected chi connectivity index (χ0v) is 15.6. The summed E-state index contributed by atoms with van der Waals surface area (Å²) in [6.07, 6.45) is 3.31. The molecular weight excluding hydrogens is 328 g/mol. The highest BCUT2D eigenvalue weighted by atomic mass is 16.2. The van der Waals surface area contributed by atoms with Crippen LogP contribution in [-0.4, -0.2) is 29.0 Å². The van der Waals surface area contributed by atoms with Crippen molar-refractivity contribution in [2.75, 3.05) is 6.54 Å². The third-order valence-corrected chi connectivity index (χ3v) is 4.14. The molecule has 0 aliphatic rings. The second-order valence-corrected chi connectivity index (χ2v) is 6.83. The Morgan fingerprint density at radius 3 is 2.69 bits per heavy atom. The number of aromatic nitrogens is 1. The van der Waals surface area contributed by atoms with Crippen molar-refractivity contribution >= 4 is 22.7 Å². The van der Waals surface area contributed by atoms with Gasteiger partial charge < -0.3 is 15.2 Å². The van der Waals surface area contributed by atoms with Gasteiger partial charge in [-0.1, -0.05) is 27.2 Å². The van der Waals surface area contributed by atoms with Gasteiger partial charge in [0.05, 0.1) is 6.07 Å². The number of carbonyl (C=O) groups is 2. The maximum absolute atomic E-state index is 12.6. The fourth-order valence-electron chi connectivity index (χ4n) is 2.94. The molecule has 0 radical (unpaired) electrons. The van der Waals surface area contributed by atoms with Crippen molar-refractivity contribution < 1.29 is 9.59 Å². The summed E-state index contributed by atoms with van der Waals surface area (Å²) in [5.41, 5.74) is 1.61. The number of hydrogen-bond donors (Lipinski definition) is 2. The van der Waals surface area contributed by atoms with Crippen molar-refractivity contribution in [1.82, 2.24) is 15.2 Å². The largest absolute Gasteiger partial charge is 0.347 e. The van der Waals surface area contributed by atoms with Gasteiger partial charge in [-0.2, -0.15) is 5.26 Å². The minimum atomic E-state index is -0.637. The lowest BCUT2D eigenvalue weighted by Gasteiger charge is -2.17. The first kappa shape index (κ1) is 19.5. The number of amides is 2. The number of benzene rings is 1. The molecule has 6 nitrogen and oxygen atoms in total. The standard InChI is InChI=1S/C20H26N4O2/c1-4-5-17(20(26)22-10-9-21)23-19(25)16-6-7-18-15(12-16)8-11-24(18)13-14(2)3/h6-8,11-12,14,17H,4-5,10,13H2,1-3H3,(H,22,26)(H,23,25). The predicted octanol–water partition coefficient (Wildman–Crippen LogP) is 2.84. The maximum atomic E-state index is 12.6. The number of nitriles is 1. The van der Waals surface area contributed by atoms with Gasteiger partial charge in [0.15, 0.2) is 0 Å². The minimum absolute atomic E-state index is 0.0652. The van der Waals surface area contributed by atoms with Gasteiger partial charge in [-0.25, -0.2) is 0 Å². The van der Waals surface area contributed by atoms with Crippen LogP contribution in [0.15, 0.2) is 30.5 Å². The van der Waals surface area contributed by atoms with Crippen LogP contribution in [0, 0.1) is 17.2 Å². The highest BCUT2D eigenvalue weighted by Crippen LogP contribution is 2.19. The third kappa shape index (κ3) is 4.85. The first-order valence-electron chi connectivity index (χ1n) is 9.00. The number of carbonyl (C=O) groups excluding carboxylic acids is 2. The van der Waals surface area contributed by atoms with Crippen LogP contribution >= 0.6 is 0 Å². The van der Waals surface area contributed by atoms with E-state index in [1.54, 1.807) is 6.07 Å². The summed E-state index contributed by atoms with van der Waals surface area (Å²) in [6.45, 7) is 7.13. The topological polar surface area (TPSA) is 86.9 Å². The predicted molar refractivity (Wildman–Crippen MR) is 102 cm³/mol. The Labute approximate surface area is 154 Å². The Balaban J connectivity index is 2.14. The van der Waals surface area contributed by atoms with E-state index in [9.17, 15) is 9.59 Å². The summed E-state index contributed by atoms with van der Waals surface area (Å²) < 4.78 is 2.18.